The van der Waals surface area contributed by atoms with Gasteiger partial charge in [0.05, 0.1) is 0 Å². The molecule has 14 heavy (non-hydrogen) atoms. The van der Waals surface area contributed by atoms with Crippen LogP contribution in [0.5, 0.6) is 0 Å². The molecule has 0 amide bonds. The molecule has 0 aliphatic rings. The quantitative estimate of drug-likeness (QED) is 0.277. The third-order valence-corrected chi connectivity index (χ3v) is 1.06. The van der Waals surface area contributed by atoms with Crippen molar-refractivity contribution in [3.8, 4) is 0 Å². The highest BCUT2D eigenvalue weighted by molar-refractivity contribution is 5.75. The fourth-order valence-corrected chi connectivity index (χ4v) is 0.570. The Morgan fingerprint density at radius 1 is 1.36 bits per heavy atom. The lowest BCUT2D eigenvalue weighted by Gasteiger charge is -1.92. The Hall–Kier alpha value is -1.26. The first kappa shape index (κ1) is 18.5. The minimum absolute atomic E-state index is 0.200. The number of guanidine groups is 1. The maximum atomic E-state index is 8.36. The van der Waals surface area contributed by atoms with Crippen LogP contribution in [0.25, 0.3) is 0 Å². The predicted octanol–water partition coefficient (Wildman–Crippen LogP) is 1.18. The molecular weight excluding hydrogens is 182 g/mol. The molecule has 0 saturated heterocycles. The molecule has 5 nitrogen and oxygen atoms in total. The standard InChI is InChI=1S/C6H15N3.C2H6.CH2O2/c1-2-3-4-5-9-6(7)8;1-2;2-1-3/h2-5H2,1H3,(H4,7,8,9);1-2H3;1H,(H,2,3). The van der Waals surface area contributed by atoms with Crippen LogP contribution in [-0.4, -0.2) is 24.1 Å². The van der Waals surface area contributed by atoms with Crippen LogP contribution in [0.4, 0.5) is 0 Å². The number of aliphatic imine (C=N–C) groups is 1. The third kappa shape index (κ3) is 45.3. The van der Waals surface area contributed by atoms with Gasteiger partial charge in [0, 0.05) is 6.54 Å². The molecule has 0 aromatic heterocycles. The van der Waals surface area contributed by atoms with Crippen molar-refractivity contribution < 1.29 is 9.90 Å². The van der Waals surface area contributed by atoms with Crippen LogP contribution in [0.1, 0.15) is 40.0 Å². The third-order valence-electron chi connectivity index (χ3n) is 1.06. The molecule has 0 aliphatic heterocycles. The van der Waals surface area contributed by atoms with Crippen molar-refractivity contribution in [2.24, 2.45) is 16.5 Å². The van der Waals surface area contributed by atoms with Gasteiger partial charge in [0.1, 0.15) is 0 Å². The molecule has 0 radical (unpaired) electrons. The Labute approximate surface area is 86.2 Å². The molecule has 0 rings (SSSR count). The highest BCUT2D eigenvalue weighted by atomic mass is 16.3. The van der Waals surface area contributed by atoms with Gasteiger partial charge in [0.15, 0.2) is 5.96 Å². The smallest absolute Gasteiger partial charge is 0.290 e. The van der Waals surface area contributed by atoms with Gasteiger partial charge in [-0.1, -0.05) is 33.6 Å². The Bertz CT molecular complexity index is 123. The fourth-order valence-electron chi connectivity index (χ4n) is 0.570. The van der Waals surface area contributed by atoms with Crippen molar-refractivity contribution in [3.63, 3.8) is 0 Å². The van der Waals surface area contributed by atoms with Crippen molar-refractivity contribution in [1.82, 2.24) is 0 Å². The Balaban J connectivity index is -0.000000205. The van der Waals surface area contributed by atoms with Gasteiger partial charge in [-0.3, -0.25) is 9.79 Å². The van der Waals surface area contributed by atoms with E-state index in [0.717, 1.165) is 13.0 Å². The molecule has 0 bridgehead atoms. The lowest BCUT2D eigenvalue weighted by Crippen LogP contribution is -2.22. The van der Waals surface area contributed by atoms with Gasteiger partial charge in [0.2, 0.25) is 0 Å². The van der Waals surface area contributed by atoms with Crippen molar-refractivity contribution in [3.05, 3.63) is 0 Å². The van der Waals surface area contributed by atoms with Crippen LogP contribution in [-0.2, 0) is 4.79 Å². The van der Waals surface area contributed by atoms with E-state index in [-0.39, 0.29) is 12.4 Å². The minimum atomic E-state index is -0.250. The van der Waals surface area contributed by atoms with Crippen molar-refractivity contribution in [2.45, 2.75) is 40.0 Å². The largest absolute Gasteiger partial charge is 0.483 e. The number of unbranched alkanes of at least 4 members (excludes halogenated alkanes) is 2. The van der Waals surface area contributed by atoms with Crippen molar-refractivity contribution in [1.29, 1.82) is 0 Å². The molecule has 5 N–H and O–H groups in total. The number of rotatable bonds is 4. The highest BCUT2D eigenvalue weighted by Crippen LogP contribution is 1.92. The number of carbonyl (C=O) groups is 1. The second-order valence-corrected chi connectivity index (χ2v) is 2.12. The summed E-state index contributed by atoms with van der Waals surface area (Å²) in [5.74, 6) is 0.200. The van der Waals surface area contributed by atoms with Gasteiger partial charge in [-0.25, -0.2) is 0 Å². The van der Waals surface area contributed by atoms with Crippen LogP contribution in [0.3, 0.4) is 0 Å². The predicted molar refractivity (Wildman–Crippen MR) is 60.2 cm³/mol. The molecule has 5 heteroatoms. The summed E-state index contributed by atoms with van der Waals surface area (Å²) in [5, 5.41) is 6.89. The van der Waals surface area contributed by atoms with E-state index in [1.807, 2.05) is 13.8 Å². The maximum Gasteiger partial charge on any atom is 0.290 e. The molecule has 0 unspecified atom stereocenters. The molecule has 0 aliphatic carbocycles. The first-order valence-electron chi connectivity index (χ1n) is 4.82. The van der Waals surface area contributed by atoms with Gasteiger partial charge in [-0.05, 0) is 6.42 Å². The summed E-state index contributed by atoms with van der Waals surface area (Å²) < 4.78 is 0. The first-order chi connectivity index (χ1) is 6.68. The van der Waals surface area contributed by atoms with E-state index in [1.54, 1.807) is 0 Å². The lowest BCUT2D eigenvalue weighted by molar-refractivity contribution is -0.122. The molecular formula is C9H23N3O2. The average molecular weight is 205 g/mol. The van der Waals surface area contributed by atoms with Gasteiger partial charge >= 0.3 is 0 Å². The summed E-state index contributed by atoms with van der Waals surface area (Å²) in [6.45, 7) is 6.67. The SMILES string of the molecule is CC.CCCCCN=C(N)N.O=CO. The van der Waals surface area contributed by atoms with E-state index >= 15 is 0 Å². The summed E-state index contributed by atoms with van der Waals surface area (Å²) in [6, 6.07) is 0. The molecule has 0 atom stereocenters. The lowest BCUT2D eigenvalue weighted by atomic mass is 10.2. The molecule has 0 aromatic rings. The summed E-state index contributed by atoms with van der Waals surface area (Å²) >= 11 is 0. The number of nitrogens with zero attached hydrogens (tertiary/aromatic N) is 1. The Morgan fingerprint density at radius 2 is 1.79 bits per heavy atom. The van der Waals surface area contributed by atoms with Crippen LogP contribution >= 0.6 is 0 Å². The molecule has 0 fully saturated rings. The average Bonchev–Trinajstić information content (AvgIpc) is 2.17. The molecule has 0 spiro atoms. The van der Waals surface area contributed by atoms with Gasteiger partial charge < -0.3 is 16.6 Å². The summed E-state index contributed by atoms with van der Waals surface area (Å²) in [7, 11) is 0. The zero-order chi connectivity index (χ0) is 11.8. The zero-order valence-corrected chi connectivity index (χ0v) is 9.36. The molecule has 0 saturated carbocycles. The maximum absolute atomic E-state index is 8.36. The first-order valence-corrected chi connectivity index (χ1v) is 4.82. The number of nitrogens with two attached hydrogens (primary N) is 2. The Kier molecular flexibility index (Phi) is 29.9. The van der Waals surface area contributed by atoms with Gasteiger partial charge in [-0.15, -0.1) is 0 Å². The summed E-state index contributed by atoms with van der Waals surface area (Å²) in [5.41, 5.74) is 10.2. The van der Waals surface area contributed by atoms with E-state index < -0.39 is 0 Å². The topological polar surface area (TPSA) is 102 Å². The monoisotopic (exact) mass is 205 g/mol. The fraction of sp³-hybridized carbons (Fsp3) is 0.778. The summed E-state index contributed by atoms with van der Waals surface area (Å²) in [4.78, 5) is 12.2. The minimum Gasteiger partial charge on any atom is -0.483 e. The van der Waals surface area contributed by atoms with Crippen LogP contribution < -0.4 is 11.5 Å². The summed E-state index contributed by atoms with van der Waals surface area (Å²) in [6.07, 6.45) is 3.51. The normalized spacial score (nSPS) is 7.07. The van der Waals surface area contributed by atoms with Crippen LogP contribution in [0.2, 0.25) is 0 Å². The van der Waals surface area contributed by atoms with Crippen LogP contribution in [0, 0.1) is 0 Å². The van der Waals surface area contributed by atoms with E-state index in [0.29, 0.717) is 0 Å². The molecule has 0 aromatic carbocycles. The van der Waals surface area contributed by atoms with Gasteiger partial charge in [0.25, 0.3) is 6.47 Å². The van der Waals surface area contributed by atoms with E-state index in [2.05, 4.69) is 11.9 Å². The second-order valence-electron chi connectivity index (χ2n) is 2.12. The number of hydrogen-bond acceptors (Lipinski definition) is 2. The highest BCUT2D eigenvalue weighted by Gasteiger charge is 1.82. The molecule has 0 heterocycles. The number of hydrogen-bond donors (Lipinski definition) is 3. The van der Waals surface area contributed by atoms with E-state index in [9.17, 15) is 0 Å². The Morgan fingerprint density at radius 3 is 2.07 bits per heavy atom. The van der Waals surface area contributed by atoms with Crippen molar-refractivity contribution >= 4 is 12.4 Å². The van der Waals surface area contributed by atoms with Crippen molar-refractivity contribution in [2.75, 3.05) is 6.54 Å². The van der Waals surface area contributed by atoms with E-state index in [1.165, 1.54) is 12.8 Å². The van der Waals surface area contributed by atoms with Gasteiger partial charge in [-0.2, -0.15) is 0 Å². The van der Waals surface area contributed by atoms with E-state index in [4.69, 9.17) is 21.4 Å². The molecule has 86 valence electrons. The number of carboxylic acid groups (broad SMARTS) is 1. The zero-order valence-electron chi connectivity index (χ0n) is 9.36. The van der Waals surface area contributed by atoms with Crippen LogP contribution in [0.15, 0.2) is 4.99 Å². The second kappa shape index (κ2) is 22.6.